The molecular formula is C19H25ClN2O3. The van der Waals surface area contributed by atoms with Gasteiger partial charge < -0.3 is 20.5 Å². The van der Waals surface area contributed by atoms with Gasteiger partial charge in [0.05, 0.1) is 19.3 Å². The first kappa shape index (κ1) is 21.0. The van der Waals surface area contributed by atoms with Gasteiger partial charge in [-0.15, -0.1) is 12.4 Å². The van der Waals surface area contributed by atoms with Crippen LogP contribution in [0.25, 0.3) is 0 Å². The predicted molar refractivity (Wildman–Crippen MR) is 102 cm³/mol. The van der Waals surface area contributed by atoms with Crippen molar-refractivity contribution in [3.05, 3.63) is 65.2 Å². The number of rotatable bonds is 7. The molecule has 1 unspecified atom stereocenters. The molecule has 6 heteroatoms. The summed E-state index contributed by atoms with van der Waals surface area (Å²) in [5.41, 5.74) is 8.92. The minimum Gasteiger partial charge on any atom is -0.398 e. The Bertz CT molecular complexity index is 680. The molecule has 0 saturated heterocycles. The number of carbonyl (C=O) groups is 1. The fourth-order valence-electron chi connectivity index (χ4n) is 2.33. The first-order chi connectivity index (χ1) is 11.5. The van der Waals surface area contributed by atoms with Crippen molar-refractivity contribution in [1.82, 2.24) is 4.90 Å². The zero-order valence-electron chi connectivity index (χ0n) is 14.5. The lowest BCUT2D eigenvalue weighted by molar-refractivity contribution is 0.0137. The minimum atomic E-state index is -0.745. The normalized spacial score (nSPS) is 11.5. The molecule has 0 aromatic heterocycles. The molecule has 1 amide bonds. The molecule has 0 aliphatic carbocycles. The number of ether oxygens (including phenoxy) is 1. The molecule has 0 aliphatic rings. The van der Waals surface area contributed by atoms with Gasteiger partial charge in [0.15, 0.2) is 0 Å². The Kier molecular flexibility index (Phi) is 8.41. The van der Waals surface area contributed by atoms with E-state index in [1.54, 1.807) is 19.2 Å². The van der Waals surface area contributed by atoms with E-state index in [2.05, 4.69) is 0 Å². The van der Waals surface area contributed by atoms with Crippen molar-refractivity contribution in [2.45, 2.75) is 19.6 Å². The van der Waals surface area contributed by atoms with E-state index in [-0.39, 0.29) is 31.5 Å². The largest absolute Gasteiger partial charge is 0.398 e. The summed E-state index contributed by atoms with van der Waals surface area (Å²) in [6, 6.07) is 15.0. The second-order valence-corrected chi connectivity index (χ2v) is 5.91. The molecule has 2 rings (SSSR count). The van der Waals surface area contributed by atoms with E-state index in [4.69, 9.17) is 10.5 Å². The third-order valence-electron chi connectivity index (χ3n) is 3.78. The number of nitrogens with zero attached hydrogens (tertiary/aromatic N) is 1. The number of aliphatic hydroxyl groups excluding tert-OH is 1. The fraction of sp³-hybridized carbons (Fsp3) is 0.316. The molecule has 1 atom stereocenters. The summed E-state index contributed by atoms with van der Waals surface area (Å²) in [5.74, 6) is -0.177. The van der Waals surface area contributed by atoms with Crippen molar-refractivity contribution < 1.29 is 14.6 Å². The maximum Gasteiger partial charge on any atom is 0.253 e. The lowest BCUT2D eigenvalue weighted by Gasteiger charge is -2.21. The average Bonchev–Trinajstić information content (AvgIpc) is 2.57. The lowest BCUT2D eigenvalue weighted by Crippen LogP contribution is -2.36. The smallest absolute Gasteiger partial charge is 0.253 e. The Balaban J connectivity index is 0.00000312. The zero-order valence-corrected chi connectivity index (χ0v) is 15.3. The van der Waals surface area contributed by atoms with Gasteiger partial charge in [-0.25, -0.2) is 0 Å². The zero-order chi connectivity index (χ0) is 17.5. The third kappa shape index (κ3) is 6.38. The number of hydrogen-bond acceptors (Lipinski definition) is 4. The molecule has 25 heavy (non-hydrogen) atoms. The molecule has 0 bridgehead atoms. The molecule has 0 radical (unpaired) electrons. The molecule has 0 fully saturated rings. The number of nitrogens with two attached hydrogens (primary N) is 1. The average molecular weight is 365 g/mol. The maximum atomic E-state index is 12.4. The summed E-state index contributed by atoms with van der Waals surface area (Å²) in [6.07, 6.45) is -0.745. The molecule has 0 heterocycles. The van der Waals surface area contributed by atoms with Crippen LogP contribution in [-0.2, 0) is 11.3 Å². The Labute approximate surface area is 154 Å². The third-order valence-corrected chi connectivity index (χ3v) is 3.78. The number of nitrogen functional groups attached to an aromatic ring is 1. The molecule has 3 N–H and O–H groups in total. The van der Waals surface area contributed by atoms with Crippen molar-refractivity contribution in [2.24, 2.45) is 0 Å². The Morgan fingerprint density at radius 2 is 1.92 bits per heavy atom. The van der Waals surface area contributed by atoms with Gasteiger partial charge in [0, 0.05) is 24.8 Å². The molecule has 136 valence electrons. The quantitative estimate of drug-likeness (QED) is 0.740. The molecular weight excluding hydrogens is 340 g/mol. The van der Waals surface area contributed by atoms with Crippen LogP contribution in [0.15, 0.2) is 48.5 Å². The highest BCUT2D eigenvalue weighted by molar-refractivity contribution is 5.95. The Morgan fingerprint density at radius 3 is 2.56 bits per heavy atom. The number of halogens is 1. The monoisotopic (exact) mass is 364 g/mol. The lowest BCUT2D eigenvalue weighted by atomic mass is 10.1. The summed E-state index contributed by atoms with van der Waals surface area (Å²) in [6.45, 7) is 2.69. The van der Waals surface area contributed by atoms with E-state index in [0.29, 0.717) is 17.9 Å². The predicted octanol–water partition coefficient (Wildman–Crippen LogP) is 2.65. The van der Waals surface area contributed by atoms with E-state index in [1.807, 2.05) is 43.3 Å². The Hall–Kier alpha value is -2.08. The van der Waals surface area contributed by atoms with Crippen molar-refractivity contribution in [3.8, 4) is 0 Å². The van der Waals surface area contributed by atoms with Crippen LogP contribution in [0.1, 0.15) is 21.5 Å². The van der Waals surface area contributed by atoms with Crippen LogP contribution in [-0.4, -0.2) is 42.2 Å². The van der Waals surface area contributed by atoms with Crippen molar-refractivity contribution >= 4 is 24.0 Å². The van der Waals surface area contributed by atoms with Crippen LogP contribution in [0.4, 0.5) is 5.69 Å². The van der Waals surface area contributed by atoms with Crippen LogP contribution in [0.3, 0.4) is 0 Å². The van der Waals surface area contributed by atoms with Crippen LogP contribution >= 0.6 is 12.4 Å². The summed E-state index contributed by atoms with van der Waals surface area (Å²) < 4.78 is 5.49. The molecule has 2 aromatic rings. The van der Waals surface area contributed by atoms with Gasteiger partial charge in [-0.1, -0.05) is 36.4 Å². The molecule has 2 aromatic carbocycles. The summed E-state index contributed by atoms with van der Waals surface area (Å²) >= 11 is 0. The molecule has 0 aliphatic heterocycles. The van der Waals surface area contributed by atoms with E-state index in [0.717, 1.165) is 11.1 Å². The van der Waals surface area contributed by atoms with E-state index >= 15 is 0 Å². The van der Waals surface area contributed by atoms with Gasteiger partial charge in [0.25, 0.3) is 5.91 Å². The van der Waals surface area contributed by atoms with Crippen LogP contribution in [0.2, 0.25) is 0 Å². The summed E-state index contributed by atoms with van der Waals surface area (Å²) in [7, 11) is 1.65. The van der Waals surface area contributed by atoms with Crippen molar-refractivity contribution in [3.63, 3.8) is 0 Å². The topological polar surface area (TPSA) is 75.8 Å². The van der Waals surface area contributed by atoms with Gasteiger partial charge in [-0.05, 0) is 30.2 Å². The molecule has 0 saturated carbocycles. The van der Waals surface area contributed by atoms with Crippen molar-refractivity contribution in [2.75, 3.05) is 25.9 Å². The van der Waals surface area contributed by atoms with E-state index < -0.39 is 6.10 Å². The standard InChI is InChI=1S/C19H24N2O3.ClH/c1-14-8-9-16(10-18(14)20)19(23)21(2)11-17(22)13-24-12-15-6-4-3-5-7-15;/h3-10,17,22H,11-13,20H2,1-2H3;1H. The number of carbonyl (C=O) groups excluding carboxylic acids is 1. The fourth-order valence-corrected chi connectivity index (χ4v) is 2.33. The second-order valence-electron chi connectivity index (χ2n) is 5.91. The highest BCUT2D eigenvalue weighted by Crippen LogP contribution is 2.14. The number of hydrogen-bond donors (Lipinski definition) is 2. The Morgan fingerprint density at radius 1 is 1.24 bits per heavy atom. The summed E-state index contributed by atoms with van der Waals surface area (Å²) in [4.78, 5) is 13.8. The molecule has 5 nitrogen and oxygen atoms in total. The first-order valence-corrected chi connectivity index (χ1v) is 7.88. The highest BCUT2D eigenvalue weighted by Gasteiger charge is 2.16. The van der Waals surface area contributed by atoms with Gasteiger partial charge in [-0.2, -0.15) is 0 Å². The van der Waals surface area contributed by atoms with Gasteiger partial charge in [0.1, 0.15) is 0 Å². The van der Waals surface area contributed by atoms with Gasteiger partial charge in [-0.3, -0.25) is 4.79 Å². The molecule has 0 spiro atoms. The number of aliphatic hydroxyl groups is 1. The number of anilines is 1. The number of likely N-dealkylation sites (N-methyl/N-ethyl adjacent to an activating group) is 1. The van der Waals surface area contributed by atoms with Gasteiger partial charge in [0.2, 0.25) is 0 Å². The van der Waals surface area contributed by atoms with Crippen molar-refractivity contribution in [1.29, 1.82) is 0 Å². The minimum absolute atomic E-state index is 0. The SMILES string of the molecule is Cc1ccc(C(=O)N(C)CC(O)COCc2ccccc2)cc1N.Cl. The maximum absolute atomic E-state index is 12.4. The van der Waals surface area contributed by atoms with Crippen LogP contribution < -0.4 is 5.73 Å². The highest BCUT2D eigenvalue weighted by atomic mass is 35.5. The number of benzene rings is 2. The number of amides is 1. The van der Waals surface area contributed by atoms with Crippen LogP contribution in [0, 0.1) is 6.92 Å². The van der Waals surface area contributed by atoms with Crippen LogP contribution in [0.5, 0.6) is 0 Å². The number of aryl methyl sites for hydroxylation is 1. The van der Waals surface area contributed by atoms with E-state index in [9.17, 15) is 9.90 Å². The van der Waals surface area contributed by atoms with Gasteiger partial charge >= 0.3 is 0 Å². The van der Waals surface area contributed by atoms with E-state index in [1.165, 1.54) is 4.90 Å². The first-order valence-electron chi connectivity index (χ1n) is 7.88. The summed E-state index contributed by atoms with van der Waals surface area (Å²) in [5, 5.41) is 10.0. The second kappa shape index (κ2) is 10.0.